The maximum Gasteiger partial charge on any atom is 0.243 e. The lowest BCUT2D eigenvalue weighted by Gasteiger charge is -2.18. The van der Waals surface area contributed by atoms with Gasteiger partial charge in [0.25, 0.3) is 0 Å². The molecule has 0 aliphatic rings. The average Bonchev–Trinajstić information content (AvgIpc) is 3.12. The monoisotopic (exact) mass is 435 g/mol. The van der Waals surface area contributed by atoms with Gasteiger partial charge in [-0.05, 0) is 42.0 Å². The number of aromatic nitrogens is 2. The first-order valence-electron chi connectivity index (χ1n) is 9.04. The molecule has 0 radical (unpaired) electrons. The van der Waals surface area contributed by atoms with E-state index < -0.39 is 10.0 Å². The van der Waals surface area contributed by atoms with Gasteiger partial charge in [0.05, 0.1) is 28.1 Å². The third-order valence-corrected chi connectivity index (χ3v) is 6.85. The van der Waals surface area contributed by atoms with Crippen molar-refractivity contribution in [2.45, 2.75) is 18.7 Å². The fourth-order valence-electron chi connectivity index (χ4n) is 2.99. The van der Waals surface area contributed by atoms with Crippen LogP contribution >= 0.6 is 11.6 Å². The van der Waals surface area contributed by atoms with Crippen molar-refractivity contribution < 1.29 is 18.3 Å². The van der Waals surface area contributed by atoms with Gasteiger partial charge in [0.15, 0.2) is 11.5 Å². The first-order valence-corrected chi connectivity index (χ1v) is 10.9. The summed E-state index contributed by atoms with van der Waals surface area (Å²) in [4.78, 5) is 7.68. The number of sulfonamides is 1. The summed E-state index contributed by atoms with van der Waals surface area (Å²) in [5.41, 5.74) is 1.83. The molecule has 1 heterocycles. The Hall–Kier alpha value is -2.55. The largest absolute Gasteiger partial charge is 0.504 e. The highest BCUT2D eigenvalue weighted by Crippen LogP contribution is 2.30. The van der Waals surface area contributed by atoms with Crippen LogP contribution in [0.25, 0.3) is 22.1 Å². The van der Waals surface area contributed by atoms with E-state index in [0.29, 0.717) is 46.3 Å². The van der Waals surface area contributed by atoms with Gasteiger partial charge in [-0.25, -0.2) is 13.4 Å². The summed E-state index contributed by atoms with van der Waals surface area (Å²) in [7, 11) is -2.09. The lowest BCUT2D eigenvalue weighted by Crippen LogP contribution is -2.30. The van der Waals surface area contributed by atoms with Gasteiger partial charge >= 0.3 is 0 Å². The predicted octanol–water partition coefficient (Wildman–Crippen LogP) is 4.04. The molecule has 0 spiro atoms. The van der Waals surface area contributed by atoms with Gasteiger partial charge in [-0.2, -0.15) is 4.31 Å². The van der Waals surface area contributed by atoms with Crippen molar-refractivity contribution in [2.24, 2.45) is 0 Å². The van der Waals surface area contributed by atoms with Crippen LogP contribution in [0.15, 0.2) is 41.3 Å². The van der Waals surface area contributed by atoms with Crippen molar-refractivity contribution in [3.05, 3.63) is 47.8 Å². The summed E-state index contributed by atoms with van der Waals surface area (Å²) in [6.45, 7) is 4.40. The summed E-state index contributed by atoms with van der Waals surface area (Å²) < 4.78 is 31.9. The molecule has 0 bridgehead atoms. The number of fused-ring (bicyclic) bond motifs is 1. The summed E-state index contributed by atoms with van der Waals surface area (Å²) in [5.74, 6) is 0.764. The molecule has 0 saturated carbocycles. The fraction of sp³-hybridized carbons (Fsp3) is 0.250. The summed E-state index contributed by atoms with van der Waals surface area (Å²) in [6, 6.07) is 9.66. The van der Waals surface area contributed by atoms with E-state index in [9.17, 15) is 13.5 Å². The predicted molar refractivity (Wildman–Crippen MR) is 115 cm³/mol. The summed E-state index contributed by atoms with van der Waals surface area (Å²) >= 11 is 6.39. The van der Waals surface area contributed by atoms with Crippen LogP contribution in [-0.4, -0.2) is 48.0 Å². The van der Waals surface area contributed by atoms with E-state index in [1.54, 1.807) is 50.3 Å². The Morgan fingerprint density at radius 2 is 1.97 bits per heavy atom. The van der Waals surface area contributed by atoms with Gasteiger partial charge in [-0.15, -0.1) is 0 Å². The van der Waals surface area contributed by atoms with E-state index in [1.807, 2.05) is 0 Å². The zero-order chi connectivity index (χ0) is 21.2. The minimum Gasteiger partial charge on any atom is -0.504 e. The van der Waals surface area contributed by atoms with Crippen molar-refractivity contribution in [2.75, 3.05) is 20.2 Å². The maximum atomic E-state index is 12.7. The number of methoxy groups -OCH3 is 1. The van der Waals surface area contributed by atoms with Crippen LogP contribution in [0.1, 0.15) is 25.2 Å². The number of hydrogen-bond acceptors (Lipinski definition) is 5. The number of H-pyrrole nitrogens is 1. The Bertz CT molecular complexity index is 1170. The Morgan fingerprint density at radius 3 is 2.59 bits per heavy atom. The molecular formula is C20H22ClN3O4S. The molecule has 2 aromatic carbocycles. The average molecular weight is 436 g/mol. The SMILES string of the molecule is CCN(CC)S(=O)(=O)c1ccc2nc(/C(Cl)=C/c3ccc(OC)c(O)c3)[nH]c2c1. The van der Waals surface area contributed by atoms with Crippen LogP contribution in [0.5, 0.6) is 11.5 Å². The van der Waals surface area contributed by atoms with E-state index in [1.165, 1.54) is 17.5 Å². The van der Waals surface area contributed by atoms with Crippen LogP contribution in [0.2, 0.25) is 0 Å². The number of hydrogen-bond donors (Lipinski definition) is 2. The Labute approximate surface area is 174 Å². The summed E-state index contributed by atoms with van der Waals surface area (Å²) in [6.07, 6.45) is 1.64. The normalized spacial score (nSPS) is 12.7. The van der Waals surface area contributed by atoms with Crippen molar-refractivity contribution in [3.8, 4) is 11.5 Å². The highest BCUT2D eigenvalue weighted by Gasteiger charge is 2.22. The minimum atomic E-state index is -3.57. The lowest BCUT2D eigenvalue weighted by molar-refractivity contribution is 0.373. The molecule has 0 unspecified atom stereocenters. The topological polar surface area (TPSA) is 95.5 Å². The quantitative estimate of drug-likeness (QED) is 0.583. The number of halogens is 1. The number of aromatic hydroxyl groups is 1. The highest BCUT2D eigenvalue weighted by atomic mass is 35.5. The number of phenols is 1. The Balaban J connectivity index is 1.96. The number of rotatable bonds is 7. The molecular weight excluding hydrogens is 414 g/mol. The number of phenolic OH excluding ortho intramolecular Hbond substituents is 1. The van der Waals surface area contributed by atoms with Crippen LogP contribution < -0.4 is 4.74 Å². The molecule has 9 heteroatoms. The molecule has 0 aliphatic heterocycles. The van der Waals surface area contributed by atoms with E-state index in [-0.39, 0.29) is 10.6 Å². The number of imidazole rings is 1. The molecule has 0 fully saturated rings. The highest BCUT2D eigenvalue weighted by molar-refractivity contribution is 7.89. The minimum absolute atomic E-state index is 0.00146. The Kier molecular flexibility index (Phi) is 6.16. The van der Waals surface area contributed by atoms with Gasteiger partial charge in [-0.3, -0.25) is 0 Å². The number of aromatic amines is 1. The van der Waals surface area contributed by atoms with Gasteiger partial charge in [0.1, 0.15) is 5.82 Å². The standard InChI is InChI=1S/C20H22ClN3O4S/c1-4-24(5-2)29(26,27)14-7-8-16-17(12-14)23-20(22-16)15(21)10-13-6-9-19(28-3)18(25)11-13/h6-12,25H,4-5H2,1-3H3,(H,22,23)/b15-10-. The number of nitrogens with zero attached hydrogens (tertiary/aromatic N) is 2. The first kappa shape index (κ1) is 21.2. The van der Waals surface area contributed by atoms with Crippen LogP contribution in [0.4, 0.5) is 0 Å². The maximum absolute atomic E-state index is 12.7. The van der Waals surface area contributed by atoms with E-state index in [2.05, 4.69) is 9.97 Å². The van der Waals surface area contributed by atoms with Crippen LogP contribution in [0.3, 0.4) is 0 Å². The number of benzene rings is 2. The van der Waals surface area contributed by atoms with E-state index >= 15 is 0 Å². The van der Waals surface area contributed by atoms with Crippen molar-refractivity contribution in [1.82, 2.24) is 14.3 Å². The molecule has 0 amide bonds. The summed E-state index contributed by atoms with van der Waals surface area (Å²) in [5, 5.41) is 10.2. The van der Waals surface area contributed by atoms with Crippen molar-refractivity contribution in [1.29, 1.82) is 0 Å². The van der Waals surface area contributed by atoms with Crippen molar-refractivity contribution in [3.63, 3.8) is 0 Å². The molecule has 3 rings (SSSR count). The lowest BCUT2D eigenvalue weighted by atomic mass is 10.2. The van der Waals surface area contributed by atoms with Crippen LogP contribution in [0, 0.1) is 0 Å². The fourth-order valence-corrected chi connectivity index (χ4v) is 4.69. The molecule has 154 valence electrons. The molecule has 29 heavy (non-hydrogen) atoms. The van der Waals surface area contributed by atoms with Gasteiger partial charge < -0.3 is 14.8 Å². The van der Waals surface area contributed by atoms with Crippen molar-refractivity contribution >= 4 is 43.8 Å². The molecule has 2 N–H and O–H groups in total. The molecule has 0 aliphatic carbocycles. The number of nitrogens with one attached hydrogen (secondary N) is 1. The second-order valence-corrected chi connectivity index (χ2v) is 8.62. The van der Waals surface area contributed by atoms with E-state index in [4.69, 9.17) is 16.3 Å². The smallest absolute Gasteiger partial charge is 0.243 e. The van der Waals surface area contributed by atoms with Crippen LogP contribution in [-0.2, 0) is 10.0 Å². The van der Waals surface area contributed by atoms with Gasteiger partial charge in [-0.1, -0.05) is 31.5 Å². The molecule has 3 aromatic rings. The van der Waals surface area contributed by atoms with Gasteiger partial charge in [0, 0.05) is 13.1 Å². The zero-order valence-corrected chi connectivity index (χ0v) is 17.9. The Morgan fingerprint density at radius 1 is 1.24 bits per heavy atom. The number of ether oxygens (including phenoxy) is 1. The molecule has 0 atom stereocenters. The first-order chi connectivity index (χ1) is 13.8. The third kappa shape index (κ3) is 4.24. The van der Waals surface area contributed by atoms with Gasteiger partial charge in [0.2, 0.25) is 10.0 Å². The van der Waals surface area contributed by atoms with E-state index in [0.717, 1.165) is 0 Å². The zero-order valence-electron chi connectivity index (χ0n) is 16.3. The third-order valence-electron chi connectivity index (χ3n) is 4.52. The molecule has 7 nitrogen and oxygen atoms in total. The second kappa shape index (κ2) is 8.44. The molecule has 0 saturated heterocycles. The second-order valence-electron chi connectivity index (χ2n) is 6.28. The molecule has 1 aromatic heterocycles.